The van der Waals surface area contributed by atoms with E-state index in [1.54, 1.807) is 12.1 Å². The smallest absolute Gasteiger partial charge is 0.244 e. The van der Waals surface area contributed by atoms with Crippen molar-refractivity contribution < 1.29 is 17.6 Å². The van der Waals surface area contributed by atoms with Crippen molar-refractivity contribution in [3.8, 4) is 0 Å². The van der Waals surface area contributed by atoms with E-state index in [0.717, 1.165) is 16.1 Å². The lowest BCUT2D eigenvalue weighted by Gasteiger charge is -2.22. The molecule has 0 N–H and O–H groups in total. The topological polar surface area (TPSA) is 70.6 Å². The molecule has 142 valence electrons. The summed E-state index contributed by atoms with van der Waals surface area (Å²) in [5.74, 6) is -0.901. The van der Waals surface area contributed by atoms with Crippen LogP contribution < -0.4 is 4.90 Å². The third-order valence-electron chi connectivity index (χ3n) is 4.00. The third kappa shape index (κ3) is 4.49. The molecule has 6 nitrogen and oxygen atoms in total. The SMILES string of the molecule is CN(CC(=O)N(Cc1ccccc1)c1nc2c(F)cccc2s1)S(C)(=O)=O. The number of nitrogens with zero attached hydrogens (tertiary/aromatic N) is 3. The summed E-state index contributed by atoms with van der Waals surface area (Å²) < 4.78 is 38.9. The van der Waals surface area contributed by atoms with Crippen molar-refractivity contribution >= 4 is 42.6 Å². The van der Waals surface area contributed by atoms with Gasteiger partial charge in [0.25, 0.3) is 0 Å². The lowest BCUT2D eigenvalue weighted by Crippen LogP contribution is -2.40. The maximum absolute atomic E-state index is 14.0. The Morgan fingerprint density at radius 1 is 1.15 bits per heavy atom. The molecule has 0 aliphatic carbocycles. The number of sulfonamides is 1. The van der Waals surface area contributed by atoms with Crippen molar-refractivity contribution in [2.45, 2.75) is 6.54 Å². The predicted octanol–water partition coefficient (Wildman–Crippen LogP) is 2.86. The number of fused-ring (bicyclic) bond motifs is 1. The molecular formula is C18H18FN3O3S2. The molecule has 1 heterocycles. The summed E-state index contributed by atoms with van der Waals surface area (Å²) in [6.45, 7) is -0.122. The molecule has 0 unspecified atom stereocenters. The highest BCUT2D eigenvalue weighted by atomic mass is 32.2. The van der Waals surface area contributed by atoms with Gasteiger partial charge in [-0.25, -0.2) is 17.8 Å². The number of thiazole rings is 1. The van der Waals surface area contributed by atoms with Gasteiger partial charge in [-0.1, -0.05) is 47.7 Å². The molecule has 0 radical (unpaired) electrons. The van der Waals surface area contributed by atoms with Crippen molar-refractivity contribution in [1.82, 2.24) is 9.29 Å². The van der Waals surface area contributed by atoms with Crippen LogP contribution in [-0.4, -0.2) is 43.5 Å². The summed E-state index contributed by atoms with van der Waals surface area (Å²) in [5, 5.41) is 0.325. The van der Waals surface area contributed by atoms with Crippen LogP contribution in [0.25, 0.3) is 10.2 Å². The van der Waals surface area contributed by atoms with E-state index in [1.807, 2.05) is 30.3 Å². The second-order valence-corrected chi connectivity index (χ2v) is 9.17. The summed E-state index contributed by atoms with van der Waals surface area (Å²) in [6.07, 6.45) is 1.04. The van der Waals surface area contributed by atoms with Crippen molar-refractivity contribution in [3.63, 3.8) is 0 Å². The molecule has 27 heavy (non-hydrogen) atoms. The summed E-state index contributed by atoms with van der Waals surface area (Å²) in [4.78, 5) is 18.5. The molecule has 1 amide bonds. The fourth-order valence-electron chi connectivity index (χ4n) is 2.44. The Balaban J connectivity index is 1.98. The Bertz CT molecular complexity index is 1070. The van der Waals surface area contributed by atoms with E-state index in [2.05, 4.69) is 4.98 Å². The number of amides is 1. The van der Waals surface area contributed by atoms with E-state index in [1.165, 1.54) is 29.4 Å². The third-order valence-corrected chi connectivity index (χ3v) is 6.30. The van der Waals surface area contributed by atoms with Crippen molar-refractivity contribution in [2.75, 3.05) is 24.7 Å². The van der Waals surface area contributed by atoms with Gasteiger partial charge in [0, 0.05) is 7.05 Å². The Labute approximate surface area is 160 Å². The van der Waals surface area contributed by atoms with E-state index < -0.39 is 21.7 Å². The first-order chi connectivity index (χ1) is 12.8. The van der Waals surface area contributed by atoms with Crippen LogP contribution in [-0.2, 0) is 21.4 Å². The summed E-state index contributed by atoms with van der Waals surface area (Å²) in [6, 6.07) is 13.9. The minimum Gasteiger partial charge on any atom is -0.282 e. The maximum atomic E-state index is 14.0. The minimum atomic E-state index is -3.51. The molecule has 3 aromatic rings. The molecular weight excluding hydrogens is 389 g/mol. The van der Waals surface area contributed by atoms with E-state index in [0.29, 0.717) is 9.83 Å². The van der Waals surface area contributed by atoms with Crippen LogP contribution in [0.15, 0.2) is 48.5 Å². The van der Waals surface area contributed by atoms with Gasteiger partial charge in [0.15, 0.2) is 5.13 Å². The first kappa shape index (κ1) is 19.4. The zero-order chi connectivity index (χ0) is 19.6. The van der Waals surface area contributed by atoms with Crippen molar-refractivity contribution in [2.24, 2.45) is 0 Å². The van der Waals surface area contributed by atoms with Gasteiger partial charge >= 0.3 is 0 Å². The highest BCUT2D eigenvalue weighted by molar-refractivity contribution is 7.88. The molecule has 9 heteroatoms. The van der Waals surface area contributed by atoms with Gasteiger partial charge in [-0.05, 0) is 17.7 Å². The summed E-state index contributed by atoms with van der Waals surface area (Å²) in [7, 11) is -2.17. The quantitative estimate of drug-likeness (QED) is 0.630. The number of aromatic nitrogens is 1. The Morgan fingerprint density at radius 2 is 1.85 bits per heavy atom. The average Bonchev–Trinajstić information content (AvgIpc) is 3.05. The molecule has 0 spiro atoms. The monoisotopic (exact) mass is 407 g/mol. The van der Waals surface area contributed by atoms with Gasteiger partial charge in [0.05, 0.1) is 24.0 Å². The number of hydrogen-bond acceptors (Lipinski definition) is 5. The highest BCUT2D eigenvalue weighted by Crippen LogP contribution is 2.31. The number of carbonyl (C=O) groups is 1. The Morgan fingerprint density at radius 3 is 2.48 bits per heavy atom. The molecule has 0 aliphatic heterocycles. The Hall–Kier alpha value is -2.36. The van der Waals surface area contributed by atoms with Gasteiger partial charge in [0.2, 0.25) is 15.9 Å². The second-order valence-electron chi connectivity index (χ2n) is 6.07. The molecule has 0 bridgehead atoms. The average molecular weight is 407 g/mol. The number of benzene rings is 2. The van der Waals surface area contributed by atoms with Crippen LogP contribution in [0.4, 0.5) is 9.52 Å². The van der Waals surface area contributed by atoms with Gasteiger partial charge < -0.3 is 0 Å². The molecule has 0 saturated heterocycles. The minimum absolute atomic E-state index is 0.194. The number of likely N-dealkylation sites (N-methyl/N-ethyl adjacent to an activating group) is 1. The number of hydrogen-bond donors (Lipinski definition) is 0. The molecule has 3 rings (SSSR count). The normalized spacial score (nSPS) is 11.9. The van der Waals surface area contributed by atoms with Crippen molar-refractivity contribution in [1.29, 1.82) is 0 Å². The highest BCUT2D eigenvalue weighted by Gasteiger charge is 2.24. The van der Waals surface area contributed by atoms with Gasteiger partial charge in [-0.3, -0.25) is 9.69 Å². The molecule has 2 aromatic carbocycles. The van der Waals surface area contributed by atoms with Crippen LogP contribution in [0, 0.1) is 5.82 Å². The summed E-state index contributed by atoms with van der Waals surface area (Å²) in [5.41, 5.74) is 1.05. The van der Waals surface area contributed by atoms with E-state index in [-0.39, 0.29) is 18.6 Å². The number of carbonyl (C=O) groups excluding carboxylic acids is 1. The molecule has 0 fully saturated rings. The van der Waals surface area contributed by atoms with Crippen LogP contribution in [0.3, 0.4) is 0 Å². The lowest BCUT2D eigenvalue weighted by atomic mass is 10.2. The van der Waals surface area contributed by atoms with Crippen LogP contribution >= 0.6 is 11.3 Å². The predicted molar refractivity (Wildman–Crippen MR) is 105 cm³/mol. The number of anilines is 1. The van der Waals surface area contributed by atoms with Crippen LogP contribution in [0.2, 0.25) is 0 Å². The first-order valence-electron chi connectivity index (χ1n) is 8.06. The largest absolute Gasteiger partial charge is 0.282 e. The molecule has 0 aliphatic rings. The Kier molecular flexibility index (Phi) is 5.54. The lowest BCUT2D eigenvalue weighted by molar-refractivity contribution is -0.118. The standard InChI is InChI=1S/C18H18FN3O3S2/c1-21(27(2,24)25)12-16(23)22(11-13-7-4-3-5-8-13)18-20-17-14(19)9-6-10-15(17)26-18/h3-10H,11-12H2,1-2H3. The van der Waals surface area contributed by atoms with Gasteiger partial charge in [0.1, 0.15) is 11.3 Å². The first-order valence-corrected chi connectivity index (χ1v) is 10.7. The zero-order valence-electron chi connectivity index (χ0n) is 14.8. The fourth-order valence-corrected chi connectivity index (χ4v) is 3.78. The van der Waals surface area contributed by atoms with E-state index in [4.69, 9.17) is 0 Å². The molecule has 1 aromatic heterocycles. The number of rotatable bonds is 6. The second kappa shape index (κ2) is 7.71. The molecule has 0 saturated carbocycles. The maximum Gasteiger partial charge on any atom is 0.244 e. The summed E-state index contributed by atoms with van der Waals surface area (Å²) >= 11 is 1.19. The van der Waals surface area contributed by atoms with Gasteiger partial charge in [-0.15, -0.1) is 0 Å². The number of para-hydroxylation sites is 1. The van der Waals surface area contributed by atoms with Crippen molar-refractivity contribution in [3.05, 3.63) is 59.9 Å². The van der Waals surface area contributed by atoms with Gasteiger partial charge in [-0.2, -0.15) is 4.31 Å². The molecule has 0 atom stereocenters. The van der Waals surface area contributed by atoms with E-state index >= 15 is 0 Å². The zero-order valence-corrected chi connectivity index (χ0v) is 16.4. The number of halogens is 1. The van der Waals surface area contributed by atoms with Crippen LogP contribution in [0.1, 0.15) is 5.56 Å². The van der Waals surface area contributed by atoms with E-state index in [9.17, 15) is 17.6 Å². The van der Waals surface area contributed by atoms with Crippen LogP contribution in [0.5, 0.6) is 0 Å². The fraction of sp³-hybridized carbons (Fsp3) is 0.222.